The zero-order valence-electron chi connectivity index (χ0n) is 9.83. The van der Waals surface area contributed by atoms with Crippen molar-refractivity contribution >= 4 is 28.4 Å². The van der Waals surface area contributed by atoms with Gasteiger partial charge in [0.05, 0.1) is 10.6 Å². The first kappa shape index (κ1) is 11.9. The van der Waals surface area contributed by atoms with E-state index in [2.05, 4.69) is 11.1 Å². The number of thiophene rings is 2. The minimum atomic E-state index is 0.558. The van der Waals surface area contributed by atoms with Gasteiger partial charge in [0.2, 0.25) is 0 Å². The molecule has 0 radical (unpaired) electrons. The van der Waals surface area contributed by atoms with Gasteiger partial charge in [-0.05, 0) is 29.1 Å². The molecule has 0 aliphatic heterocycles. The van der Waals surface area contributed by atoms with Crippen LogP contribution in [-0.2, 0) is 0 Å². The minimum absolute atomic E-state index is 0.558. The molecule has 0 saturated carbocycles. The molecule has 19 heavy (non-hydrogen) atoms. The number of aromatic nitrogens is 1. The number of nitrogens with zero attached hydrogens (tertiary/aromatic N) is 2. The van der Waals surface area contributed by atoms with Crippen LogP contribution >= 0.6 is 22.7 Å². The molecule has 0 atom stereocenters. The molecule has 3 heterocycles. The fourth-order valence-corrected chi connectivity index (χ4v) is 3.81. The predicted octanol–water partition coefficient (Wildman–Crippen LogP) is 3.99. The molecular weight excluding hydrogens is 274 g/mol. The van der Waals surface area contributed by atoms with E-state index in [1.54, 1.807) is 23.7 Å². The van der Waals surface area contributed by atoms with Gasteiger partial charge in [0, 0.05) is 22.8 Å². The molecule has 3 nitrogen and oxygen atoms in total. The Balaban J connectivity index is 2.29. The molecule has 0 fully saturated rings. The highest BCUT2D eigenvalue weighted by atomic mass is 32.1. The monoisotopic (exact) mass is 283 g/mol. The lowest BCUT2D eigenvalue weighted by Gasteiger charge is -2.03. The average molecular weight is 283 g/mol. The summed E-state index contributed by atoms with van der Waals surface area (Å²) in [5.41, 5.74) is 8.61. The zero-order chi connectivity index (χ0) is 13.2. The normalized spacial score (nSPS) is 10.3. The fraction of sp³-hybridized carbons (Fsp3) is 0. The molecule has 0 unspecified atom stereocenters. The van der Waals surface area contributed by atoms with E-state index in [0.717, 1.165) is 20.9 Å². The number of nitrogen functional groups attached to an aromatic ring is 1. The fourth-order valence-electron chi connectivity index (χ4n) is 1.91. The maximum absolute atomic E-state index is 9.17. The molecular formula is C14H9N3S2. The van der Waals surface area contributed by atoms with Crippen molar-refractivity contribution < 1.29 is 0 Å². The van der Waals surface area contributed by atoms with E-state index in [0.29, 0.717) is 10.6 Å². The topological polar surface area (TPSA) is 62.7 Å². The third kappa shape index (κ3) is 2.01. The summed E-state index contributed by atoms with van der Waals surface area (Å²) >= 11 is 3.09. The number of rotatable bonds is 2. The highest BCUT2D eigenvalue weighted by Crippen LogP contribution is 2.45. The zero-order valence-corrected chi connectivity index (χ0v) is 11.5. The van der Waals surface area contributed by atoms with Crippen LogP contribution in [0.25, 0.3) is 20.9 Å². The third-order valence-electron chi connectivity index (χ3n) is 2.76. The van der Waals surface area contributed by atoms with E-state index in [-0.39, 0.29) is 0 Å². The van der Waals surface area contributed by atoms with Gasteiger partial charge >= 0.3 is 0 Å². The van der Waals surface area contributed by atoms with Gasteiger partial charge in [-0.3, -0.25) is 4.98 Å². The summed E-state index contributed by atoms with van der Waals surface area (Å²) in [6.45, 7) is 0. The summed E-state index contributed by atoms with van der Waals surface area (Å²) in [4.78, 5) is 6.77. The van der Waals surface area contributed by atoms with Crippen molar-refractivity contribution in [2.75, 3.05) is 5.73 Å². The molecule has 0 aliphatic carbocycles. The lowest BCUT2D eigenvalue weighted by molar-refractivity contribution is 1.33. The lowest BCUT2D eigenvalue weighted by atomic mass is 10.1. The van der Waals surface area contributed by atoms with Crippen molar-refractivity contribution in [1.82, 2.24) is 4.98 Å². The van der Waals surface area contributed by atoms with Gasteiger partial charge in [0.15, 0.2) is 0 Å². The summed E-state index contributed by atoms with van der Waals surface area (Å²) in [7, 11) is 0. The number of pyridine rings is 1. The Morgan fingerprint density at radius 3 is 2.63 bits per heavy atom. The Hall–Kier alpha value is -2.16. The van der Waals surface area contributed by atoms with Gasteiger partial charge in [0.1, 0.15) is 10.9 Å². The van der Waals surface area contributed by atoms with Crippen molar-refractivity contribution in [1.29, 1.82) is 5.26 Å². The maximum Gasteiger partial charge on any atom is 0.129 e. The van der Waals surface area contributed by atoms with Gasteiger partial charge in [-0.15, -0.1) is 22.7 Å². The molecule has 0 aliphatic rings. The van der Waals surface area contributed by atoms with Gasteiger partial charge in [0.25, 0.3) is 0 Å². The molecule has 92 valence electrons. The first-order chi connectivity index (χ1) is 9.31. The summed E-state index contributed by atoms with van der Waals surface area (Å²) in [5, 5.41) is 11.2. The van der Waals surface area contributed by atoms with Gasteiger partial charge < -0.3 is 5.73 Å². The molecule has 0 amide bonds. The highest BCUT2D eigenvalue weighted by molar-refractivity contribution is 7.22. The van der Waals surface area contributed by atoms with Crippen LogP contribution in [0.5, 0.6) is 0 Å². The average Bonchev–Trinajstić information content (AvgIpc) is 3.07. The standard InChI is InChI=1S/C14H9N3S2/c15-8-11-13(16)12(9-3-5-17-6-4-9)14(19-11)10-2-1-7-18-10/h1-7H,16H2. The van der Waals surface area contributed by atoms with Crippen LogP contribution in [0.1, 0.15) is 4.88 Å². The van der Waals surface area contributed by atoms with Crippen molar-refractivity contribution in [3.8, 4) is 27.0 Å². The smallest absolute Gasteiger partial charge is 0.129 e. The summed E-state index contributed by atoms with van der Waals surface area (Å²) < 4.78 is 0. The summed E-state index contributed by atoms with van der Waals surface area (Å²) in [6, 6.07) is 10.0. The van der Waals surface area contributed by atoms with E-state index in [9.17, 15) is 5.26 Å². The Morgan fingerprint density at radius 2 is 2.00 bits per heavy atom. The van der Waals surface area contributed by atoms with Crippen LogP contribution in [0.3, 0.4) is 0 Å². The molecule has 3 aromatic heterocycles. The molecule has 3 aromatic rings. The molecule has 0 bridgehead atoms. The molecule has 0 spiro atoms. The van der Waals surface area contributed by atoms with E-state index in [1.165, 1.54) is 11.3 Å². The van der Waals surface area contributed by atoms with Gasteiger partial charge in [-0.25, -0.2) is 0 Å². The predicted molar refractivity (Wildman–Crippen MR) is 80.0 cm³/mol. The largest absolute Gasteiger partial charge is 0.396 e. The summed E-state index contributed by atoms with van der Waals surface area (Å²) in [5.74, 6) is 0. The quantitative estimate of drug-likeness (QED) is 0.773. The molecule has 0 aromatic carbocycles. The number of hydrogen-bond acceptors (Lipinski definition) is 5. The van der Waals surface area contributed by atoms with Crippen molar-refractivity contribution in [3.63, 3.8) is 0 Å². The highest BCUT2D eigenvalue weighted by Gasteiger charge is 2.19. The number of hydrogen-bond donors (Lipinski definition) is 1. The SMILES string of the molecule is N#Cc1sc(-c2cccs2)c(-c2ccncc2)c1N. The van der Waals surface area contributed by atoms with Crippen LogP contribution in [0.15, 0.2) is 42.0 Å². The Kier molecular flexibility index (Phi) is 3.03. The Labute approximate surface area is 118 Å². The van der Waals surface area contributed by atoms with Gasteiger partial charge in [-0.1, -0.05) is 6.07 Å². The van der Waals surface area contributed by atoms with Gasteiger partial charge in [-0.2, -0.15) is 5.26 Å². The molecule has 3 rings (SSSR count). The maximum atomic E-state index is 9.17. The second-order valence-electron chi connectivity index (χ2n) is 3.87. The van der Waals surface area contributed by atoms with Crippen molar-refractivity contribution in [2.45, 2.75) is 0 Å². The van der Waals surface area contributed by atoms with Crippen LogP contribution in [0.4, 0.5) is 5.69 Å². The Bertz CT molecular complexity index is 737. The van der Waals surface area contributed by atoms with E-state index >= 15 is 0 Å². The van der Waals surface area contributed by atoms with Crippen LogP contribution in [0, 0.1) is 11.3 Å². The first-order valence-corrected chi connectivity index (χ1v) is 7.27. The Morgan fingerprint density at radius 1 is 1.21 bits per heavy atom. The second-order valence-corrected chi connectivity index (χ2v) is 5.84. The van der Waals surface area contributed by atoms with Crippen molar-refractivity contribution in [3.05, 3.63) is 46.9 Å². The van der Waals surface area contributed by atoms with E-state index in [4.69, 9.17) is 5.73 Å². The molecule has 2 N–H and O–H groups in total. The summed E-state index contributed by atoms with van der Waals surface area (Å²) in [6.07, 6.45) is 3.47. The second kappa shape index (κ2) is 4.84. The first-order valence-electron chi connectivity index (χ1n) is 5.58. The third-order valence-corrected chi connectivity index (χ3v) is 4.92. The number of nitriles is 1. The minimum Gasteiger partial charge on any atom is -0.396 e. The van der Waals surface area contributed by atoms with Crippen LogP contribution in [0.2, 0.25) is 0 Å². The van der Waals surface area contributed by atoms with Crippen LogP contribution in [-0.4, -0.2) is 4.98 Å². The van der Waals surface area contributed by atoms with E-state index in [1.807, 2.05) is 29.6 Å². The number of nitrogens with two attached hydrogens (primary N) is 1. The molecule has 5 heteroatoms. The number of anilines is 1. The molecule has 0 saturated heterocycles. The van der Waals surface area contributed by atoms with Crippen LogP contribution < -0.4 is 5.73 Å². The lowest BCUT2D eigenvalue weighted by Crippen LogP contribution is -1.89. The van der Waals surface area contributed by atoms with Crippen molar-refractivity contribution in [2.24, 2.45) is 0 Å². The van der Waals surface area contributed by atoms with E-state index < -0.39 is 0 Å².